The number of carbonyl (C=O) groups is 1. The van der Waals surface area contributed by atoms with Crippen LogP contribution < -0.4 is 5.32 Å². The summed E-state index contributed by atoms with van der Waals surface area (Å²) in [4.78, 5) is 10.7. The number of hydrogen-bond acceptors (Lipinski definition) is 2. The fraction of sp³-hybridized carbons (Fsp3) is 0.500. The Bertz CT molecular complexity index is 467. The number of hydrogen-bond donors (Lipinski definition) is 2. The van der Waals surface area contributed by atoms with E-state index in [2.05, 4.69) is 12.2 Å². The van der Waals surface area contributed by atoms with E-state index in [0.29, 0.717) is 5.92 Å². The first-order valence-electron chi connectivity index (χ1n) is 6.46. The quantitative estimate of drug-likeness (QED) is 0.880. The average molecular weight is 269 g/mol. The van der Waals surface area contributed by atoms with Crippen molar-refractivity contribution in [2.45, 2.75) is 38.6 Å². The largest absolute Gasteiger partial charge is 0.478 e. The summed E-state index contributed by atoms with van der Waals surface area (Å²) in [6.07, 6.45) is 3.93. The Labute approximate surface area is 110 Å². The topological polar surface area (TPSA) is 49.3 Å². The molecule has 19 heavy (non-hydrogen) atoms. The molecule has 2 unspecified atom stereocenters. The lowest BCUT2D eigenvalue weighted by molar-refractivity contribution is 0.0696. The molecule has 104 valence electrons. The van der Waals surface area contributed by atoms with Crippen molar-refractivity contribution in [3.05, 3.63) is 29.3 Å². The summed E-state index contributed by atoms with van der Waals surface area (Å²) in [6.45, 7) is 2.12. The highest BCUT2D eigenvalue weighted by atomic mass is 19.1. The lowest BCUT2D eigenvalue weighted by Crippen LogP contribution is -2.27. The predicted octanol–water partition coefficient (Wildman–Crippen LogP) is 3.65. The second-order valence-electron chi connectivity index (χ2n) is 5.23. The van der Waals surface area contributed by atoms with Crippen molar-refractivity contribution in [1.29, 1.82) is 0 Å². The third-order valence-electron chi connectivity index (χ3n) is 3.57. The van der Waals surface area contributed by atoms with Crippen LogP contribution in [0.3, 0.4) is 0 Å². The van der Waals surface area contributed by atoms with Crippen LogP contribution in [0.2, 0.25) is 0 Å². The average Bonchev–Trinajstić information content (AvgIpc) is 2.33. The Morgan fingerprint density at radius 1 is 1.32 bits per heavy atom. The van der Waals surface area contributed by atoms with Crippen LogP contribution >= 0.6 is 0 Å². The predicted molar refractivity (Wildman–Crippen MR) is 68.4 cm³/mol. The van der Waals surface area contributed by atoms with E-state index in [1.54, 1.807) is 0 Å². The van der Waals surface area contributed by atoms with Crippen molar-refractivity contribution in [3.63, 3.8) is 0 Å². The van der Waals surface area contributed by atoms with Gasteiger partial charge in [0.2, 0.25) is 0 Å². The van der Waals surface area contributed by atoms with Crippen molar-refractivity contribution in [2.75, 3.05) is 5.32 Å². The zero-order valence-electron chi connectivity index (χ0n) is 10.7. The summed E-state index contributed by atoms with van der Waals surface area (Å²) in [6, 6.07) is 1.74. The number of aromatic carboxylic acids is 1. The summed E-state index contributed by atoms with van der Waals surface area (Å²) in [5.41, 5.74) is -0.596. The smallest absolute Gasteiger partial charge is 0.335 e. The molecule has 1 aliphatic rings. The van der Waals surface area contributed by atoms with Gasteiger partial charge in [0.1, 0.15) is 17.3 Å². The van der Waals surface area contributed by atoms with Gasteiger partial charge < -0.3 is 10.4 Å². The Balaban J connectivity index is 2.18. The summed E-state index contributed by atoms with van der Waals surface area (Å²) >= 11 is 0. The van der Waals surface area contributed by atoms with Gasteiger partial charge in [0, 0.05) is 6.04 Å². The number of halogens is 2. The first kappa shape index (κ1) is 13.8. The molecule has 3 nitrogen and oxygen atoms in total. The van der Waals surface area contributed by atoms with Crippen molar-refractivity contribution in [3.8, 4) is 0 Å². The molecular formula is C14H17F2NO2. The molecule has 1 aromatic rings. The maximum Gasteiger partial charge on any atom is 0.335 e. The molecule has 1 aromatic carbocycles. The molecule has 1 aliphatic carbocycles. The van der Waals surface area contributed by atoms with Crippen LogP contribution in [0.25, 0.3) is 0 Å². The minimum Gasteiger partial charge on any atom is -0.478 e. The first-order chi connectivity index (χ1) is 8.97. The van der Waals surface area contributed by atoms with Gasteiger partial charge in [-0.2, -0.15) is 0 Å². The lowest BCUT2D eigenvalue weighted by Gasteiger charge is -2.28. The molecule has 2 N–H and O–H groups in total. The number of benzene rings is 1. The van der Waals surface area contributed by atoms with Crippen LogP contribution in [0.15, 0.2) is 12.1 Å². The molecule has 0 spiro atoms. The normalized spacial score (nSPS) is 23.1. The van der Waals surface area contributed by atoms with E-state index in [4.69, 9.17) is 5.11 Å². The molecule has 0 saturated heterocycles. The van der Waals surface area contributed by atoms with Gasteiger partial charge in [-0.25, -0.2) is 13.6 Å². The molecule has 0 aliphatic heterocycles. The SMILES string of the molecule is CC1CCCC(Nc2c(F)cc(C(=O)O)cc2F)C1. The number of nitrogens with one attached hydrogen (secondary N) is 1. The Morgan fingerprint density at radius 2 is 1.95 bits per heavy atom. The van der Waals surface area contributed by atoms with Gasteiger partial charge in [0.15, 0.2) is 0 Å². The lowest BCUT2D eigenvalue weighted by atomic mass is 9.87. The van der Waals surface area contributed by atoms with Crippen LogP contribution in [0.5, 0.6) is 0 Å². The highest BCUT2D eigenvalue weighted by Gasteiger charge is 2.22. The third kappa shape index (κ3) is 3.22. The van der Waals surface area contributed by atoms with Gasteiger partial charge >= 0.3 is 5.97 Å². The van der Waals surface area contributed by atoms with E-state index in [9.17, 15) is 13.6 Å². The van der Waals surface area contributed by atoms with Crippen LogP contribution in [-0.2, 0) is 0 Å². The molecule has 0 radical (unpaired) electrons. The van der Waals surface area contributed by atoms with Crippen LogP contribution in [0, 0.1) is 17.6 Å². The minimum absolute atomic E-state index is 0.0448. The molecule has 2 atom stereocenters. The van der Waals surface area contributed by atoms with Crippen molar-refractivity contribution in [2.24, 2.45) is 5.92 Å². The van der Waals surface area contributed by atoms with Crippen LogP contribution in [0.4, 0.5) is 14.5 Å². The molecule has 1 saturated carbocycles. The van der Waals surface area contributed by atoms with E-state index >= 15 is 0 Å². The highest BCUT2D eigenvalue weighted by molar-refractivity contribution is 5.88. The Kier molecular flexibility index (Phi) is 4.02. The zero-order chi connectivity index (χ0) is 14.0. The van der Waals surface area contributed by atoms with Gasteiger partial charge in [-0.3, -0.25) is 0 Å². The van der Waals surface area contributed by atoms with Gasteiger partial charge in [0.25, 0.3) is 0 Å². The van der Waals surface area contributed by atoms with Crippen molar-refractivity contribution < 1.29 is 18.7 Å². The van der Waals surface area contributed by atoms with Crippen LogP contribution in [-0.4, -0.2) is 17.1 Å². The molecular weight excluding hydrogens is 252 g/mol. The van der Waals surface area contributed by atoms with E-state index < -0.39 is 17.6 Å². The fourth-order valence-electron chi connectivity index (χ4n) is 2.60. The zero-order valence-corrected chi connectivity index (χ0v) is 10.7. The fourth-order valence-corrected chi connectivity index (χ4v) is 2.60. The maximum absolute atomic E-state index is 13.8. The number of rotatable bonds is 3. The van der Waals surface area contributed by atoms with Gasteiger partial charge in [0.05, 0.1) is 5.56 Å². The standard InChI is InChI=1S/C14H17F2NO2/c1-8-3-2-4-10(5-8)17-13-11(15)6-9(14(18)19)7-12(13)16/h6-8,10,17H,2-5H2,1H3,(H,18,19). The van der Waals surface area contributed by atoms with E-state index in [1.807, 2.05) is 0 Å². The summed E-state index contributed by atoms with van der Waals surface area (Å²) < 4.78 is 27.5. The van der Waals surface area contributed by atoms with Gasteiger partial charge in [-0.1, -0.05) is 19.8 Å². The van der Waals surface area contributed by atoms with E-state index in [-0.39, 0.29) is 17.3 Å². The summed E-state index contributed by atoms with van der Waals surface area (Å²) in [5.74, 6) is -2.50. The number of carboxylic acid groups (broad SMARTS) is 1. The summed E-state index contributed by atoms with van der Waals surface area (Å²) in [5, 5.41) is 11.6. The number of anilines is 1. The molecule has 0 aromatic heterocycles. The maximum atomic E-state index is 13.8. The van der Waals surface area contributed by atoms with E-state index in [1.165, 1.54) is 0 Å². The van der Waals surface area contributed by atoms with Crippen LogP contribution in [0.1, 0.15) is 43.0 Å². The molecule has 1 fully saturated rings. The second-order valence-corrected chi connectivity index (χ2v) is 5.23. The number of carboxylic acids is 1. The monoisotopic (exact) mass is 269 g/mol. The molecule has 0 heterocycles. The highest BCUT2D eigenvalue weighted by Crippen LogP contribution is 2.28. The van der Waals surface area contributed by atoms with Crippen molar-refractivity contribution >= 4 is 11.7 Å². The summed E-state index contributed by atoms with van der Waals surface area (Å²) in [7, 11) is 0. The van der Waals surface area contributed by atoms with E-state index in [0.717, 1.165) is 37.8 Å². The Morgan fingerprint density at radius 3 is 2.47 bits per heavy atom. The molecule has 5 heteroatoms. The first-order valence-corrected chi connectivity index (χ1v) is 6.46. The molecule has 0 amide bonds. The molecule has 0 bridgehead atoms. The Hall–Kier alpha value is -1.65. The minimum atomic E-state index is -1.34. The van der Waals surface area contributed by atoms with Gasteiger partial charge in [-0.05, 0) is 30.9 Å². The van der Waals surface area contributed by atoms with Gasteiger partial charge in [-0.15, -0.1) is 0 Å². The van der Waals surface area contributed by atoms with Crippen molar-refractivity contribution in [1.82, 2.24) is 0 Å². The molecule has 2 rings (SSSR count). The third-order valence-corrected chi connectivity index (χ3v) is 3.57. The second kappa shape index (κ2) is 5.55.